The van der Waals surface area contributed by atoms with E-state index in [1.165, 1.54) is 0 Å². The molecule has 0 amide bonds. The Bertz CT molecular complexity index is 294. The van der Waals surface area contributed by atoms with Gasteiger partial charge >= 0.3 is 12.4 Å². The highest BCUT2D eigenvalue weighted by atomic mass is 19.4. The van der Waals surface area contributed by atoms with E-state index in [-0.39, 0.29) is 12.3 Å². The summed E-state index contributed by atoms with van der Waals surface area (Å²) in [7, 11) is 0. The topological polar surface area (TPSA) is 20.2 Å². The van der Waals surface area contributed by atoms with Gasteiger partial charge in [0, 0.05) is 0 Å². The summed E-state index contributed by atoms with van der Waals surface area (Å²) in [6, 6.07) is 0. The van der Waals surface area contributed by atoms with E-state index < -0.39 is 30.3 Å². The van der Waals surface area contributed by atoms with Crippen LogP contribution in [0.25, 0.3) is 0 Å². The molecule has 0 bridgehead atoms. The maximum absolute atomic E-state index is 12.6. The third-order valence-corrected chi connectivity index (χ3v) is 4.23. The van der Waals surface area contributed by atoms with Crippen molar-refractivity contribution in [3.63, 3.8) is 0 Å². The van der Waals surface area contributed by atoms with Crippen molar-refractivity contribution in [3.8, 4) is 0 Å². The molecule has 0 aromatic heterocycles. The monoisotopic (exact) mass is 292 g/mol. The Labute approximate surface area is 108 Å². The average Bonchev–Trinajstić information content (AvgIpc) is 2.20. The van der Waals surface area contributed by atoms with Gasteiger partial charge < -0.3 is 5.11 Å². The van der Waals surface area contributed by atoms with Crippen molar-refractivity contribution in [2.45, 2.75) is 57.5 Å². The fraction of sp³-hybridized carbons (Fsp3) is 1.00. The van der Waals surface area contributed by atoms with Crippen LogP contribution in [-0.4, -0.2) is 23.1 Å². The molecule has 0 heterocycles. The summed E-state index contributed by atoms with van der Waals surface area (Å²) >= 11 is 0. The molecule has 1 aliphatic carbocycles. The zero-order valence-electron chi connectivity index (χ0n) is 10.8. The number of halogens is 6. The lowest BCUT2D eigenvalue weighted by atomic mass is 9.72. The van der Waals surface area contributed by atoms with Crippen molar-refractivity contribution in [2.75, 3.05) is 0 Å². The van der Waals surface area contributed by atoms with E-state index in [0.29, 0.717) is 18.8 Å². The highest BCUT2D eigenvalue weighted by Crippen LogP contribution is 2.49. The second-order valence-electron chi connectivity index (χ2n) is 5.69. The van der Waals surface area contributed by atoms with Gasteiger partial charge in [-0.1, -0.05) is 26.7 Å². The Kier molecular flexibility index (Phi) is 4.49. The largest absolute Gasteiger partial charge is 0.426 e. The van der Waals surface area contributed by atoms with Gasteiger partial charge in [-0.2, -0.15) is 26.3 Å². The van der Waals surface area contributed by atoms with Crippen LogP contribution in [0.15, 0.2) is 0 Å². The standard InChI is InChI=1S/C12H18F6O/c1-7-3-4-9(5-8(7)2)6-10(19,11(13,14)15)12(16,17)18/h7-9,19H,3-6H2,1-2H3. The van der Waals surface area contributed by atoms with E-state index >= 15 is 0 Å². The minimum Gasteiger partial charge on any atom is -0.374 e. The van der Waals surface area contributed by atoms with Gasteiger partial charge in [-0.3, -0.25) is 0 Å². The van der Waals surface area contributed by atoms with E-state index in [9.17, 15) is 26.3 Å². The Hall–Kier alpha value is -0.460. The molecule has 19 heavy (non-hydrogen) atoms. The highest BCUT2D eigenvalue weighted by molar-refractivity contribution is 4.96. The fourth-order valence-electron chi connectivity index (χ4n) is 2.65. The molecule has 3 atom stereocenters. The summed E-state index contributed by atoms with van der Waals surface area (Å²) in [4.78, 5) is 0. The van der Waals surface area contributed by atoms with E-state index in [2.05, 4.69) is 0 Å². The molecule has 3 unspecified atom stereocenters. The zero-order valence-corrected chi connectivity index (χ0v) is 10.8. The molecule has 0 aromatic rings. The lowest BCUT2D eigenvalue weighted by molar-refractivity contribution is -0.373. The van der Waals surface area contributed by atoms with Crippen molar-refractivity contribution in [2.24, 2.45) is 17.8 Å². The van der Waals surface area contributed by atoms with Gasteiger partial charge in [0.15, 0.2) is 0 Å². The molecule has 1 aliphatic rings. The molecule has 1 N–H and O–H groups in total. The first kappa shape index (κ1) is 16.6. The average molecular weight is 292 g/mol. The normalized spacial score (nSPS) is 30.5. The van der Waals surface area contributed by atoms with E-state index in [0.717, 1.165) is 0 Å². The predicted molar refractivity (Wildman–Crippen MR) is 57.3 cm³/mol. The van der Waals surface area contributed by atoms with E-state index in [4.69, 9.17) is 5.11 Å². The second kappa shape index (κ2) is 5.14. The molecule has 0 spiro atoms. The number of aliphatic hydroxyl groups is 1. The summed E-state index contributed by atoms with van der Waals surface area (Å²) in [5.41, 5.74) is -4.59. The molecular weight excluding hydrogens is 274 g/mol. The van der Waals surface area contributed by atoms with Crippen molar-refractivity contribution < 1.29 is 31.4 Å². The smallest absolute Gasteiger partial charge is 0.374 e. The van der Waals surface area contributed by atoms with Crippen LogP contribution in [0.2, 0.25) is 0 Å². The number of alkyl halides is 6. The van der Waals surface area contributed by atoms with Gasteiger partial charge in [0.25, 0.3) is 5.60 Å². The van der Waals surface area contributed by atoms with Gasteiger partial charge in [0.1, 0.15) is 0 Å². The molecule has 1 fully saturated rings. The van der Waals surface area contributed by atoms with Gasteiger partial charge in [-0.25, -0.2) is 0 Å². The van der Waals surface area contributed by atoms with Crippen LogP contribution in [0.3, 0.4) is 0 Å². The number of hydrogen-bond acceptors (Lipinski definition) is 1. The molecule has 0 radical (unpaired) electrons. The second-order valence-corrected chi connectivity index (χ2v) is 5.69. The Morgan fingerprint density at radius 1 is 0.895 bits per heavy atom. The summed E-state index contributed by atoms with van der Waals surface area (Å²) < 4.78 is 75.4. The molecular formula is C12H18F6O. The summed E-state index contributed by atoms with van der Waals surface area (Å²) in [5.74, 6) is -0.384. The zero-order chi connectivity index (χ0) is 15.1. The fourth-order valence-corrected chi connectivity index (χ4v) is 2.65. The maximum atomic E-state index is 12.6. The lowest BCUT2D eigenvalue weighted by Gasteiger charge is -2.39. The van der Waals surface area contributed by atoms with Crippen LogP contribution < -0.4 is 0 Å². The molecule has 0 saturated heterocycles. The van der Waals surface area contributed by atoms with E-state index in [1.54, 1.807) is 0 Å². The van der Waals surface area contributed by atoms with Crippen molar-refractivity contribution in [1.29, 1.82) is 0 Å². The first-order valence-electron chi connectivity index (χ1n) is 6.24. The van der Waals surface area contributed by atoms with Crippen LogP contribution in [0.5, 0.6) is 0 Å². The van der Waals surface area contributed by atoms with Gasteiger partial charge in [0.05, 0.1) is 0 Å². The van der Waals surface area contributed by atoms with Crippen LogP contribution >= 0.6 is 0 Å². The Morgan fingerprint density at radius 3 is 1.74 bits per heavy atom. The maximum Gasteiger partial charge on any atom is 0.426 e. The number of rotatable bonds is 2. The third-order valence-electron chi connectivity index (χ3n) is 4.23. The Balaban J connectivity index is 2.86. The van der Waals surface area contributed by atoms with Crippen LogP contribution in [0.4, 0.5) is 26.3 Å². The third kappa shape index (κ3) is 3.35. The van der Waals surface area contributed by atoms with E-state index in [1.807, 2.05) is 13.8 Å². The molecule has 1 saturated carbocycles. The Morgan fingerprint density at radius 2 is 1.37 bits per heavy atom. The first-order chi connectivity index (χ1) is 8.38. The minimum absolute atomic E-state index is 0.0736. The predicted octanol–water partition coefficient (Wildman–Crippen LogP) is 4.30. The van der Waals surface area contributed by atoms with Crippen LogP contribution in [-0.2, 0) is 0 Å². The van der Waals surface area contributed by atoms with Crippen molar-refractivity contribution in [1.82, 2.24) is 0 Å². The van der Waals surface area contributed by atoms with Gasteiger partial charge in [-0.05, 0) is 30.6 Å². The number of hydrogen-bond donors (Lipinski definition) is 1. The molecule has 0 aliphatic heterocycles. The highest BCUT2D eigenvalue weighted by Gasteiger charge is 2.70. The molecule has 7 heteroatoms. The van der Waals surface area contributed by atoms with Crippen LogP contribution in [0, 0.1) is 17.8 Å². The quantitative estimate of drug-likeness (QED) is 0.752. The summed E-state index contributed by atoms with van der Waals surface area (Å²) in [6.45, 7) is 3.75. The SMILES string of the molecule is CC1CCC(CC(O)(C(F)(F)F)C(F)(F)F)CC1C. The molecule has 1 rings (SSSR count). The van der Waals surface area contributed by atoms with Crippen molar-refractivity contribution >= 4 is 0 Å². The summed E-state index contributed by atoms with van der Waals surface area (Å²) in [6.07, 6.45) is -11.5. The molecule has 1 nitrogen and oxygen atoms in total. The summed E-state index contributed by atoms with van der Waals surface area (Å²) in [5, 5.41) is 9.14. The lowest BCUT2D eigenvalue weighted by Crippen LogP contribution is -2.58. The van der Waals surface area contributed by atoms with Crippen molar-refractivity contribution in [3.05, 3.63) is 0 Å². The minimum atomic E-state index is -5.70. The van der Waals surface area contributed by atoms with Gasteiger partial charge in [0.2, 0.25) is 0 Å². The molecule has 114 valence electrons. The van der Waals surface area contributed by atoms with Gasteiger partial charge in [-0.15, -0.1) is 0 Å². The molecule has 0 aromatic carbocycles. The first-order valence-corrected chi connectivity index (χ1v) is 6.24. The van der Waals surface area contributed by atoms with Crippen LogP contribution in [0.1, 0.15) is 39.5 Å².